The maximum atomic E-state index is 11.3. The summed E-state index contributed by atoms with van der Waals surface area (Å²) in [5.41, 5.74) is 1.06. The van der Waals surface area contributed by atoms with Crippen molar-refractivity contribution in [3.05, 3.63) is 50.9 Å². The number of rotatable bonds is 4. The zero-order valence-electron chi connectivity index (χ0n) is 10.4. The van der Waals surface area contributed by atoms with Gasteiger partial charge in [-0.3, -0.25) is 14.9 Å². The predicted molar refractivity (Wildman–Crippen MR) is 76.3 cm³/mol. The van der Waals surface area contributed by atoms with Crippen LogP contribution in [-0.4, -0.2) is 10.7 Å². The van der Waals surface area contributed by atoms with E-state index in [1.54, 1.807) is 0 Å². The SMILES string of the molecule is CC(=O)c1cc([N+](=O)[O-])c(Sc2ccccc2C)s1. The van der Waals surface area contributed by atoms with E-state index in [4.69, 9.17) is 0 Å². The highest BCUT2D eigenvalue weighted by Gasteiger charge is 2.22. The summed E-state index contributed by atoms with van der Waals surface area (Å²) in [5, 5.41) is 11.0. The molecule has 0 N–H and O–H groups in total. The third kappa shape index (κ3) is 3.02. The van der Waals surface area contributed by atoms with Crippen LogP contribution in [0.4, 0.5) is 5.69 Å². The second kappa shape index (κ2) is 5.54. The van der Waals surface area contributed by atoms with Crippen molar-refractivity contribution in [2.75, 3.05) is 0 Å². The molecule has 0 bridgehead atoms. The van der Waals surface area contributed by atoms with Crippen LogP contribution < -0.4 is 0 Å². The summed E-state index contributed by atoms with van der Waals surface area (Å²) in [6, 6.07) is 9.03. The van der Waals surface area contributed by atoms with Crippen LogP contribution in [0.1, 0.15) is 22.2 Å². The molecule has 0 saturated heterocycles. The van der Waals surface area contributed by atoms with E-state index in [1.807, 2.05) is 31.2 Å². The monoisotopic (exact) mass is 293 g/mol. The average molecular weight is 293 g/mol. The summed E-state index contributed by atoms with van der Waals surface area (Å²) in [6.07, 6.45) is 0. The molecule has 0 amide bonds. The first-order valence-corrected chi connectivity index (χ1v) is 7.15. The van der Waals surface area contributed by atoms with Crippen molar-refractivity contribution in [1.82, 2.24) is 0 Å². The van der Waals surface area contributed by atoms with Crippen LogP contribution in [0, 0.1) is 17.0 Å². The molecule has 98 valence electrons. The van der Waals surface area contributed by atoms with Crippen LogP contribution in [0.15, 0.2) is 39.4 Å². The van der Waals surface area contributed by atoms with Gasteiger partial charge < -0.3 is 0 Å². The number of thiophene rings is 1. The molecule has 19 heavy (non-hydrogen) atoms. The van der Waals surface area contributed by atoms with E-state index >= 15 is 0 Å². The van der Waals surface area contributed by atoms with Crippen molar-refractivity contribution in [2.45, 2.75) is 23.0 Å². The van der Waals surface area contributed by atoms with Gasteiger partial charge in [-0.1, -0.05) is 30.0 Å². The molecular weight excluding hydrogens is 282 g/mol. The van der Waals surface area contributed by atoms with E-state index in [1.165, 1.54) is 36.1 Å². The van der Waals surface area contributed by atoms with Gasteiger partial charge in [-0.15, -0.1) is 11.3 Å². The van der Waals surface area contributed by atoms with Gasteiger partial charge in [0.2, 0.25) is 0 Å². The highest BCUT2D eigenvalue weighted by atomic mass is 32.2. The maximum absolute atomic E-state index is 11.3. The lowest BCUT2D eigenvalue weighted by atomic mass is 10.2. The number of ketones is 1. The van der Waals surface area contributed by atoms with Crippen molar-refractivity contribution >= 4 is 34.6 Å². The molecule has 0 aliphatic heterocycles. The third-order valence-electron chi connectivity index (χ3n) is 2.52. The summed E-state index contributed by atoms with van der Waals surface area (Å²) < 4.78 is 0.546. The number of benzene rings is 1. The molecule has 0 unspecified atom stereocenters. The maximum Gasteiger partial charge on any atom is 0.294 e. The van der Waals surface area contributed by atoms with Gasteiger partial charge >= 0.3 is 0 Å². The molecule has 4 nitrogen and oxygen atoms in total. The molecule has 0 radical (unpaired) electrons. The standard InChI is InChI=1S/C13H11NO3S2/c1-8-5-3-4-6-11(8)18-13-10(14(16)17)7-12(19-13)9(2)15/h3-7H,1-2H3. The van der Waals surface area contributed by atoms with Crippen molar-refractivity contribution < 1.29 is 9.72 Å². The minimum absolute atomic E-state index is 0.00320. The highest BCUT2D eigenvalue weighted by molar-refractivity contribution is 8.01. The minimum atomic E-state index is -0.441. The van der Waals surface area contributed by atoms with Crippen molar-refractivity contribution in [3.8, 4) is 0 Å². The lowest BCUT2D eigenvalue weighted by Gasteiger charge is -2.02. The Morgan fingerprint density at radius 2 is 2.05 bits per heavy atom. The smallest absolute Gasteiger partial charge is 0.294 e. The summed E-state index contributed by atoms with van der Waals surface area (Å²) >= 11 is 2.50. The van der Waals surface area contributed by atoms with Crippen molar-refractivity contribution in [1.29, 1.82) is 0 Å². The molecule has 0 saturated carbocycles. The van der Waals surface area contributed by atoms with Gasteiger partial charge in [0.1, 0.15) is 4.21 Å². The molecule has 1 heterocycles. The quantitative estimate of drug-likeness (QED) is 0.478. The molecule has 1 aromatic carbocycles. The number of carbonyl (C=O) groups excluding carboxylic acids is 1. The molecule has 0 spiro atoms. The van der Waals surface area contributed by atoms with Crippen LogP contribution in [0.25, 0.3) is 0 Å². The van der Waals surface area contributed by atoms with E-state index in [9.17, 15) is 14.9 Å². The molecule has 0 aliphatic rings. The van der Waals surface area contributed by atoms with Gasteiger partial charge in [0, 0.05) is 11.0 Å². The molecule has 2 aromatic rings. The summed E-state index contributed by atoms with van der Waals surface area (Å²) in [7, 11) is 0. The Morgan fingerprint density at radius 3 is 2.63 bits per heavy atom. The zero-order valence-corrected chi connectivity index (χ0v) is 12.0. The molecule has 6 heteroatoms. The molecule has 1 aromatic heterocycles. The lowest BCUT2D eigenvalue weighted by Crippen LogP contribution is -1.88. The first-order valence-electron chi connectivity index (χ1n) is 5.51. The molecule has 0 aliphatic carbocycles. The van der Waals surface area contributed by atoms with Gasteiger partial charge in [0.25, 0.3) is 5.69 Å². The molecular formula is C13H11NO3S2. The zero-order chi connectivity index (χ0) is 14.0. The normalized spacial score (nSPS) is 10.4. The third-order valence-corrected chi connectivity index (χ3v) is 5.11. The fraction of sp³-hybridized carbons (Fsp3) is 0.154. The van der Waals surface area contributed by atoms with E-state index < -0.39 is 4.92 Å². The Hall–Kier alpha value is -1.66. The predicted octanol–water partition coefficient (Wildman–Crippen LogP) is 4.32. The minimum Gasteiger partial charge on any atom is -0.294 e. The Morgan fingerprint density at radius 1 is 1.37 bits per heavy atom. The topological polar surface area (TPSA) is 60.2 Å². The van der Waals surface area contributed by atoms with Crippen LogP contribution in [0.2, 0.25) is 0 Å². The fourth-order valence-electron chi connectivity index (χ4n) is 1.51. The van der Waals surface area contributed by atoms with Crippen LogP contribution in [0.3, 0.4) is 0 Å². The lowest BCUT2D eigenvalue weighted by molar-refractivity contribution is -0.387. The number of Topliss-reactive ketones (excluding diaryl/α,β-unsaturated/α-hetero) is 1. The fourth-order valence-corrected chi connectivity index (χ4v) is 3.78. The summed E-state index contributed by atoms with van der Waals surface area (Å²) in [6.45, 7) is 3.37. The van der Waals surface area contributed by atoms with E-state index in [0.717, 1.165) is 10.5 Å². The second-order valence-electron chi connectivity index (χ2n) is 3.96. The molecule has 2 rings (SSSR count). The number of nitrogens with zero attached hydrogens (tertiary/aromatic N) is 1. The number of aryl methyl sites for hydroxylation is 1. The largest absolute Gasteiger partial charge is 0.294 e. The highest BCUT2D eigenvalue weighted by Crippen LogP contribution is 2.42. The molecule has 0 fully saturated rings. The number of carbonyl (C=O) groups is 1. The Kier molecular flexibility index (Phi) is 4.01. The first-order chi connectivity index (χ1) is 8.99. The number of nitro groups is 1. The van der Waals surface area contributed by atoms with Crippen LogP contribution >= 0.6 is 23.1 Å². The van der Waals surface area contributed by atoms with Gasteiger partial charge in [0.15, 0.2) is 5.78 Å². The average Bonchev–Trinajstić information content (AvgIpc) is 2.76. The summed E-state index contributed by atoms with van der Waals surface area (Å²) in [4.78, 5) is 23.3. The van der Waals surface area contributed by atoms with Gasteiger partial charge in [0.05, 0.1) is 9.80 Å². The van der Waals surface area contributed by atoms with Crippen molar-refractivity contribution in [3.63, 3.8) is 0 Å². The Balaban J connectivity index is 2.42. The Labute approximate surface area is 118 Å². The Bertz CT molecular complexity index is 649. The van der Waals surface area contributed by atoms with Crippen LogP contribution in [0.5, 0.6) is 0 Å². The van der Waals surface area contributed by atoms with Gasteiger partial charge in [-0.25, -0.2) is 0 Å². The van der Waals surface area contributed by atoms with E-state index in [-0.39, 0.29) is 11.5 Å². The van der Waals surface area contributed by atoms with Crippen molar-refractivity contribution in [2.24, 2.45) is 0 Å². The number of hydrogen-bond donors (Lipinski definition) is 0. The van der Waals surface area contributed by atoms with Gasteiger partial charge in [-0.2, -0.15) is 0 Å². The molecule has 0 atom stereocenters. The van der Waals surface area contributed by atoms with E-state index in [0.29, 0.717) is 9.09 Å². The number of hydrogen-bond acceptors (Lipinski definition) is 5. The first kappa shape index (κ1) is 13.8. The van der Waals surface area contributed by atoms with Crippen LogP contribution in [-0.2, 0) is 0 Å². The summed E-state index contributed by atoms with van der Waals surface area (Å²) in [5.74, 6) is -0.148. The van der Waals surface area contributed by atoms with Gasteiger partial charge in [-0.05, 0) is 25.5 Å². The van der Waals surface area contributed by atoms with E-state index in [2.05, 4.69) is 0 Å². The second-order valence-corrected chi connectivity index (χ2v) is 6.33.